The molecule has 48 valence electrons. The molecule has 0 bridgehead atoms. The number of allylic oxidation sites excluding steroid dienone is 1. The van der Waals surface area contributed by atoms with Gasteiger partial charge in [-0.3, -0.25) is 0 Å². The van der Waals surface area contributed by atoms with E-state index in [1.54, 1.807) is 0 Å². The molecule has 0 heterocycles. The Hall–Kier alpha value is -0.300. The highest BCUT2D eigenvalue weighted by molar-refractivity contribution is 4.90. The lowest BCUT2D eigenvalue weighted by Crippen LogP contribution is -2.23. The third-order valence-corrected chi connectivity index (χ3v) is 1.18. The van der Waals surface area contributed by atoms with E-state index in [2.05, 4.69) is 13.8 Å². The van der Waals surface area contributed by atoms with Gasteiger partial charge >= 0.3 is 0 Å². The fourth-order valence-electron chi connectivity index (χ4n) is 0.444. The van der Waals surface area contributed by atoms with Crippen molar-refractivity contribution in [3.8, 4) is 0 Å². The molecular formula is C7H15N. The van der Waals surface area contributed by atoms with Crippen molar-refractivity contribution in [2.24, 2.45) is 11.7 Å². The first-order chi connectivity index (χ1) is 3.68. The van der Waals surface area contributed by atoms with Crippen LogP contribution in [-0.2, 0) is 0 Å². The molecule has 0 saturated carbocycles. The molecular weight excluding hydrogens is 98.1 g/mol. The summed E-state index contributed by atoms with van der Waals surface area (Å²) in [4.78, 5) is 0. The molecule has 1 heteroatoms. The van der Waals surface area contributed by atoms with Crippen molar-refractivity contribution in [2.75, 3.05) is 0 Å². The number of nitrogens with two attached hydrogens (primary N) is 1. The molecule has 0 aliphatic heterocycles. The van der Waals surface area contributed by atoms with Gasteiger partial charge in [0.25, 0.3) is 0 Å². The van der Waals surface area contributed by atoms with Gasteiger partial charge in [0.15, 0.2) is 0 Å². The number of rotatable bonds is 2. The molecule has 0 aromatic carbocycles. The van der Waals surface area contributed by atoms with Gasteiger partial charge in [-0.05, 0) is 12.8 Å². The van der Waals surface area contributed by atoms with Crippen molar-refractivity contribution in [3.05, 3.63) is 12.2 Å². The van der Waals surface area contributed by atoms with Crippen LogP contribution in [0.3, 0.4) is 0 Å². The van der Waals surface area contributed by atoms with Gasteiger partial charge in [0.2, 0.25) is 0 Å². The molecule has 2 N–H and O–H groups in total. The van der Waals surface area contributed by atoms with E-state index in [1.807, 2.05) is 19.1 Å². The molecule has 0 unspecified atom stereocenters. The van der Waals surface area contributed by atoms with E-state index in [1.165, 1.54) is 0 Å². The highest BCUT2D eigenvalue weighted by Crippen LogP contribution is 1.98. The van der Waals surface area contributed by atoms with Crippen molar-refractivity contribution in [2.45, 2.75) is 26.8 Å². The van der Waals surface area contributed by atoms with Gasteiger partial charge in [-0.25, -0.2) is 0 Å². The van der Waals surface area contributed by atoms with Crippen LogP contribution in [0.5, 0.6) is 0 Å². The predicted molar refractivity (Wildman–Crippen MR) is 37.6 cm³/mol. The lowest BCUT2D eigenvalue weighted by Gasteiger charge is -2.08. The third-order valence-electron chi connectivity index (χ3n) is 1.18. The van der Waals surface area contributed by atoms with Gasteiger partial charge in [-0.2, -0.15) is 0 Å². The molecule has 8 heavy (non-hydrogen) atoms. The monoisotopic (exact) mass is 113 g/mol. The van der Waals surface area contributed by atoms with Crippen molar-refractivity contribution >= 4 is 0 Å². The summed E-state index contributed by atoms with van der Waals surface area (Å²) in [7, 11) is 0. The molecule has 0 aliphatic carbocycles. The lowest BCUT2D eigenvalue weighted by atomic mass is 10.1. The maximum Gasteiger partial charge on any atom is 0.0247 e. The van der Waals surface area contributed by atoms with Crippen molar-refractivity contribution < 1.29 is 0 Å². The average Bonchev–Trinajstić information content (AvgIpc) is 1.67. The van der Waals surface area contributed by atoms with Crippen LogP contribution in [-0.4, -0.2) is 6.04 Å². The molecule has 1 atom stereocenters. The highest BCUT2D eigenvalue weighted by Gasteiger charge is 1.99. The normalized spacial score (nSPS) is 15.6. The second-order valence-electron chi connectivity index (χ2n) is 2.35. The Balaban J connectivity index is 3.47. The summed E-state index contributed by atoms with van der Waals surface area (Å²) in [5.41, 5.74) is 5.64. The molecule has 0 aliphatic rings. The van der Waals surface area contributed by atoms with E-state index in [9.17, 15) is 0 Å². The highest BCUT2D eigenvalue weighted by atomic mass is 14.6. The molecule has 1 nitrogen and oxygen atoms in total. The van der Waals surface area contributed by atoms with Crippen LogP contribution in [0, 0.1) is 5.92 Å². The van der Waals surface area contributed by atoms with E-state index < -0.39 is 0 Å². The SMILES string of the molecule is C/C=C/[C@@H](N)C(C)C. The molecule has 0 radical (unpaired) electrons. The largest absolute Gasteiger partial charge is 0.324 e. The van der Waals surface area contributed by atoms with E-state index in [0.29, 0.717) is 5.92 Å². The second-order valence-corrected chi connectivity index (χ2v) is 2.35. The Morgan fingerprint density at radius 2 is 1.88 bits per heavy atom. The van der Waals surface area contributed by atoms with Crippen molar-refractivity contribution in [1.82, 2.24) is 0 Å². The minimum atomic E-state index is 0.236. The van der Waals surface area contributed by atoms with E-state index in [-0.39, 0.29) is 6.04 Å². The molecule has 0 saturated heterocycles. The minimum Gasteiger partial charge on any atom is -0.324 e. The Morgan fingerprint density at radius 1 is 1.38 bits per heavy atom. The van der Waals surface area contributed by atoms with E-state index >= 15 is 0 Å². The quantitative estimate of drug-likeness (QED) is 0.540. The third kappa shape index (κ3) is 2.80. The Bertz CT molecular complexity index is 74.5. The van der Waals surface area contributed by atoms with Gasteiger partial charge in [0.1, 0.15) is 0 Å². The Kier molecular flexibility index (Phi) is 3.53. The first-order valence-electron chi connectivity index (χ1n) is 3.07. The van der Waals surface area contributed by atoms with Gasteiger partial charge < -0.3 is 5.73 Å². The summed E-state index contributed by atoms with van der Waals surface area (Å²) in [5.74, 6) is 0.561. The first-order valence-corrected chi connectivity index (χ1v) is 3.07. The zero-order chi connectivity index (χ0) is 6.57. The maximum absolute atomic E-state index is 5.64. The van der Waals surface area contributed by atoms with Crippen molar-refractivity contribution in [3.63, 3.8) is 0 Å². The summed E-state index contributed by atoms with van der Waals surface area (Å²) in [5, 5.41) is 0. The fourth-order valence-corrected chi connectivity index (χ4v) is 0.444. The standard InChI is InChI=1S/C7H15N/c1-4-5-7(8)6(2)3/h4-7H,8H2,1-3H3/b5-4+/t7-/m1/s1. The summed E-state index contributed by atoms with van der Waals surface area (Å²) in [6.07, 6.45) is 4.01. The molecule has 0 aromatic heterocycles. The van der Waals surface area contributed by atoms with Crippen LogP contribution in [0.2, 0.25) is 0 Å². The summed E-state index contributed by atoms with van der Waals surface area (Å²) in [6, 6.07) is 0.236. The first kappa shape index (κ1) is 7.70. The maximum atomic E-state index is 5.64. The van der Waals surface area contributed by atoms with Crippen LogP contribution >= 0.6 is 0 Å². The molecule has 0 fully saturated rings. The molecule has 0 amide bonds. The molecule has 0 spiro atoms. The fraction of sp³-hybridized carbons (Fsp3) is 0.714. The molecule has 0 rings (SSSR count). The van der Waals surface area contributed by atoms with Crippen LogP contribution in [0.15, 0.2) is 12.2 Å². The van der Waals surface area contributed by atoms with Crippen LogP contribution in [0.25, 0.3) is 0 Å². The average molecular weight is 113 g/mol. The second kappa shape index (κ2) is 3.67. The van der Waals surface area contributed by atoms with E-state index in [0.717, 1.165) is 0 Å². The number of hydrogen-bond donors (Lipinski definition) is 1. The summed E-state index contributed by atoms with van der Waals surface area (Å²) >= 11 is 0. The Morgan fingerprint density at radius 3 is 2.00 bits per heavy atom. The zero-order valence-corrected chi connectivity index (χ0v) is 5.89. The van der Waals surface area contributed by atoms with E-state index in [4.69, 9.17) is 5.73 Å². The van der Waals surface area contributed by atoms with Crippen LogP contribution in [0.4, 0.5) is 0 Å². The topological polar surface area (TPSA) is 26.0 Å². The Labute approximate surface area is 51.6 Å². The van der Waals surface area contributed by atoms with Gasteiger partial charge in [-0.1, -0.05) is 26.0 Å². The van der Waals surface area contributed by atoms with Gasteiger partial charge in [-0.15, -0.1) is 0 Å². The van der Waals surface area contributed by atoms with Crippen LogP contribution < -0.4 is 5.73 Å². The summed E-state index contributed by atoms with van der Waals surface area (Å²) < 4.78 is 0. The van der Waals surface area contributed by atoms with Gasteiger partial charge in [0.05, 0.1) is 0 Å². The van der Waals surface area contributed by atoms with Crippen LogP contribution in [0.1, 0.15) is 20.8 Å². The molecule has 0 aromatic rings. The summed E-state index contributed by atoms with van der Waals surface area (Å²) in [6.45, 7) is 6.22. The van der Waals surface area contributed by atoms with Gasteiger partial charge in [0, 0.05) is 6.04 Å². The minimum absolute atomic E-state index is 0.236. The smallest absolute Gasteiger partial charge is 0.0247 e. The predicted octanol–water partition coefficient (Wildman–Crippen LogP) is 1.55. The number of hydrogen-bond acceptors (Lipinski definition) is 1. The lowest BCUT2D eigenvalue weighted by molar-refractivity contribution is 0.570. The zero-order valence-electron chi connectivity index (χ0n) is 5.89. The van der Waals surface area contributed by atoms with Crippen molar-refractivity contribution in [1.29, 1.82) is 0 Å².